The van der Waals surface area contributed by atoms with Gasteiger partial charge in [-0.2, -0.15) is 0 Å². The number of benzene rings is 2. The molecular weight excluding hydrogens is 569 g/mol. The van der Waals surface area contributed by atoms with Gasteiger partial charge in [0.15, 0.2) is 5.65 Å². The van der Waals surface area contributed by atoms with Gasteiger partial charge in [-0.15, -0.1) is 0 Å². The van der Waals surface area contributed by atoms with E-state index in [4.69, 9.17) is 18.3 Å². The number of fused-ring (bicyclic) bond motifs is 1. The van der Waals surface area contributed by atoms with Gasteiger partial charge < -0.3 is 14.4 Å². The average Bonchev–Trinajstić information content (AvgIpc) is 3.27. The molecule has 0 atom stereocenters. The summed E-state index contributed by atoms with van der Waals surface area (Å²) in [6, 6.07) is 17.0. The number of aliphatic hydroxyl groups is 1. The van der Waals surface area contributed by atoms with Crippen LogP contribution in [0.1, 0.15) is 61.8 Å². The molecule has 0 saturated heterocycles. The molecule has 0 saturated carbocycles. The Kier molecular flexibility index (Phi) is 9.40. The molecule has 2 aromatic heterocycles. The highest BCUT2D eigenvalue weighted by molar-refractivity contribution is 7.48. The van der Waals surface area contributed by atoms with E-state index in [1.165, 1.54) is 10.9 Å². The summed E-state index contributed by atoms with van der Waals surface area (Å²) >= 11 is 0. The zero-order valence-corrected chi connectivity index (χ0v) is 27.1. The van der Waals surface area contributed by atoms with Gasteiger partial charge >= 0.3 is 7.82 Å². The standard InChI is InChI=1S/C32H42N3O7P/c1-30(2,3)41-43(38,42-31(4,5)6)40-22-34-21-33-28-27(29(34)36)26(20-35(28)24-12-10-9-11-13-24)23-14-16-25(17-15-23)39-19-18-32(7,8)37/h9-17,20-21,37H,18-19,22H2,1-8H3. The lowest BCUT2D eigenvalue weighted by molar-refractivity contribution is -0.00657. The van der Waals surface area contributed by atoms with Crippen molar-refractivity contribution in [3.05, 3.63) is 77.5 Å². The number of rotatable bonds is 11. The van der Waals surface area contributed by atoms with E-state index >= 15 is 0 Å². The monoisotopic (exact) mass is 611 g/mol. The van der Waals surface area contributed by atoms with Crippen molar-refractivity contribution < 1.29 is 28.0 Å². The van der Waals surface area contributed by atoms with E-state index in [2.05, 4.69) is 4.98 Å². The smallest absolute Gasteiger partial charge is 0.477 e. The van der Waals surface area contributed by atoms with Crippen LogP contribution in [0.5, 0.6) is 5.75 Å². The van der Waals surface area contributed by atoms with Gasteiger partial charge in [0.1, 0.15) is 18.8 Å². The fourth-order valence-corrected chi connectivity index (χ4v) is 6.02. The predicted octanol–water partition coefficient (Wildman–Crippen LogP) is 7.11. The minimum Gasteiger partial charge on any atom is -0.493 e. The molecule has 0 spiro atoms. The molecule has 0 aliphatic heterocycles. The molecule has 0 aliphatic rings. The minimum absolute atomic E-state index is 0.368. The lowest BCUT2D eigenvalue weighted by Gasteiger charge is -2.30. The quantitative estimate of drug-likeness (QED) is 0.179. The Hall–Kier alpha value is -3.27. The number of phosphoric acid groups is 1. The van der Waals surface area contributed by atoms with Crippen LogP contribution in [0, 0.1) is 0 Å². The van der Waals surface area contributed by atoms with Gasteiger partial charge in [-0.3, -0.25) is 22.9 Å². The van der Waals surface area contributed by atoms with Crippen molar-refractivity contribution in [2.75, 3.05) is 6.61 Å². The van der Waals surface area contributed by atoms with Gasteiger partial charge in [-0.1, -0.05) is 30.3 Å². The topological polar surface area (TPSA) is 114 Å². The molecule has 0 amide bonds. The second-order valence-corrected chi connectivity index (χ2v) is 14.5. The van der Waals surface area contributed by atoms with E-state index < -0.39 is 31.4 Å². The van der Waals surface area contributed by atoms with Crippen molar-refractivity contribution in [2.45, 2.75) is 85.3 Å². The molecule has 0 radical (unpaired) electrons. The molecule has 0 aliphatic carbocycles. The third-order valence-corrected chi connectivity index (χ3v) is 8.06. The summed E-state index contributed by atoms with van der Waals surface area (Å²) in [5.74, 6) is 0.650. The Morgan fingerprint density at radius 3 is 2.05 bits per heavy atom. The molecule has 2 heterocycles. The van der Waals surface area contributed by atoms with Crippen molar-refractivity contribution in [3.8, 4) is 22.6 Å². The van der Waals surface area contributed by atoms with Crippen LogP contribution in [0.2, 0.25) is 0 Å². The second kappa shape index (κ2) is 12.4. The Morgan fingerprint density at radius 2 is 1.49 bits per heavy atom. The second-order valence-electron chi connectivity index (χ2n) is 13.0. The van der Waals surface area contributed by atoms with E-state index in [1.54, 1.807) is 55.4 Å². The SMILES string of the molecule is CC(C)(O)CCOc1ccc(-c2cn(-c3ccccc3)c3ncn(COP(=O)(OC(C)(C)C)OC(C)(C)C)c(=O)c23)cc1. The maximum atomic E-state index is 14.0. The lowest BCUT2D eigenvalue weighted by Crippen LogP contribution is -2.27. The zero-order chi connectivity index (χ0) is 31.6. The van der Waals surface area contributed by atoms with Crippen LogP contribution < -0.4 is 10.3 Å². The third kappa shape index (κ3) is 8.87. The van der Waals surface area contributed by atoms with Crippen LogP contribution in [-0.4, -0.2) is 42.6 Å². The zero-order valence-electron chi connectivity index (χ0n) is 26.2. The Bertz CT molecular complexity index is 1620. The fraction of sp³-hybridized carbons (Fsp3) is 0.438. The van der Waals surface area contributed by atoms with Gasteiger partial charge in [0.05, 0.1) is 28.8 Å². The van der Waals surface area contributed by atoms with Crippen molar-refractivity contribution in [2.24, 2.45) is 0 Å². The maximum Gasteiger partial charge on any atom is 0.477 e. The van der Waals surface area contributed by atoms with E-state index in [9.17, 15) is 14.5 Å². The molecule has 232 valence electrons. The number of nitrogens with zero attached hydrogens (tertiary/aromatic N) is 3. The van der Waals surface area contributed by atoms with Gasteiger partial charge in [0.25, 0.3) is 5.56 Å². The summed E-state index contributed by atoms with van der Waals surface area (Å²) in [5.41, 5.74) is -0.0876. The summed E-state index contributed by atoms with van der Waals surface area (Å²) in [5, 5.41) is 10.3. The highest BCUT2D eigenvalue weighted by Crippen LogP contribution is 2.55. The molecule has 10 nitrogen and oxygen atoms in total. The van der Waals surface area contributed by atoms with E-state index in [-0.39, 0.29) is 5.56 Å². The molecular formula is C32H42N3O7P. The lowest BCUT2D eigenvalue weighted by atomic mass is 10.1. The van der Waals surface area contributed by atoms with Crippen molar-refractivity contribution in [1.29, 1.82) is 0 Å². The molecule has 11 heteroatoms. The van der Waals surface area contributed by atoms with Gasteiger partial charge in [-0.05, 0) is 85.2 Å². The molecule has 0 fully saturated rings. The minimum atomic E-state index is -4.07. The van der Waals surface area contributed by atoms with Gasteiger partial charge in [0.2, 0.25) is 0 Å². The average molecular weight is 612 g/mol. The van der Waals surface area contributed by atoms with Crippen LogP contribution in [-0.2, 0) is 24.9 Å². The Morgan fingerprint density at radius 1 is 0.884 bits per heavy atom. The van der Waals surface area contributed by atoms with E-state index in [0.29, 0.717) is 35.4 Å². The van der Waals surface area contributed by atoms with Crippen LogP contribution in [0.25, 0.3) is 27.8 Å². The number of ether oxygens (including phenoxy) is 1. The normalized spacial score (nSPS) is 13.0. The highest BCUT2D eigenvalue weighted by Gasteiger charge is 2.37. The fourth-order valence-electron chi connectivity index (χ4n) is 4.27. The van der Waals surface area contributed by atoms with E-state index in [0.717, 1.165) is 11.3 Å². The predicted molar refractivity (Wildman–Crippen MR) is 168 cm³/mol. The molecule has 4 aromatic rings. The maximum absolute atomic E-state index is 14.0. The summed E-state index contributed by atoms with van der Waals surface area (Å²) in [4.78, 5) is 18.6. The van der Waals surface area contributed by atoms with Gasteiger partial charge in [-0.25, -0.2) is 9.55 Å². The Labute approximate surface area is 252 Å². The van der Waals surface area contributed by atoms with Crippen LogP contribution in [0.3, 0.4) is 0 Å². The third-order valence-electron chi connectivity index (χ3n) is 6.08. The summed E-state index contributed by atoms with van der Waals surface area (Å²) in [7, 11) is -4.07. The largest absolute Gasteiger partial charge is 0.493 e. The number of hydrogen-bond acceptors (Lipinski definition) is 8. The Balaban J connectivity index is 1.73. The van der Waals surface area contributed by atoms with Gasteiger partial charge in [0, 0.05) is 23.9 Å². The summed E-state index contributed by atoms with van der Waals surface area (Å²) < 4.78 is 39.6. The summed E-state index contributed by atoms with van der Waals surface area (Å²) in [6.45, 7) is 13.9. The van der Waals surface area contributed by atoms with Crippen molar-refractivity contribution in [3.63, 3.8) is 0 Å². The molecule has 4 rings (SSSR count). The number of hydrogen-bond donors (Lipinski definition) is 1. The van der Waals surface area contributed by atoms with Crippen LogP contribution >= 0.6 is 7.82 Å². The first-order valence-electron chi connectivity index (χ1n) is 14.2. The molecule has 1 N–H and O–H groups in total. The molecule has 2 aromatic carbocycles. The molecule has 0 bridgehead atoms. The number of phosphoric ester groups is 1. The number of aromatic nitrogens is 3. The first-order chi connectivity index (χ1) is 19.9. The first-order valence-corrected chi connectivity index (χ1v) is 15.7. The number of para-hydroxylation sites is 1. The molecule has 0 unspecified atom stereocenters. The van der Waals surface area contributed by atoms with Crippen LogP contribution in [0.4, 0.5) is 0 Å². The van der Waals surface area contributed by atoms with Crippen molar-refractivity contribution in [1.82, 2.24) is 14.1 Å². The highest BCUT2D eigenvalue weighted by atomic mass is 31.2. The van der Waals surface area contributed by atoms with Crippen LogP contribution in [0.15, 0.2) is 71.9 Å². The molecule has 43 heavy (non-hydrogen) atoms. The van der Waals surface area contributed by atoms with E-state index in [1.807, 2.05) is 65.4 Å². The van der Waals surface area contributed by atoms with Crippen molar-refractivity contribution >= 4 is 18.9 Å². The summed E-state index contributed by atoms with van der Waals surface area (Å²) in [6.07, 6.45) is 3.73. The first kappa shape index (κ1) is 32.6.